The number of thioether (sulfide) groups is 1. The van der Waals surface area contributed by atoms with Gasteiger partial charge in [-0.05, 0) is 38.4 Å². The van der Waals surface area contributed by atoms with Crippen LogP contribution in [-0.2, 0) is 17.9 Å². The van der Waals surface area contributed by atoms with Crippen LogP contribution in [0.4, 0.5) is 0 Å². The molecule has 2 rings (SSSR count). The molecule has 0 radical (unpaired) electrons. The van der Waals surface area contributed by atoms with E-state index in [0.29, 0.717) is 12.3 Å². The van der Waals surface area contributed by atoms with Crippen LogP contribution >= 0.6 is 11.8 Å². The zero-order valence-electron chi connectivity index (χ0n) is 12.1. The van der Waals surface area contributed by atoms with Crippen molar-refractivity contribution in [3.8, 4) is 0 Å². The molecule has 5 heteroatoms. The third kappa shape index (κ3) is 4.00. The number of carbonyl (C=O) groups is 1. The molecule has 1 fully saturated rings. The predicted molar refractivity (Wildman–Crippen MR) is 79.2 cm³/mol. The number of carbonyl (C=O) groups excluding carboxylic acids is 1. The molecular weight excluding hydrogens is 258 g/mol. The van der Waals surface area contributed by atoms with Gasteiger partial charge in [-0.3, -0.25) is 9.48 Å². The Kier molecular flexibility index (Phi) is 4.91. The summed E-state index contributed by atoms with van der Waals surface area (Å²) in [6.45, 7) is 5.68. The molecule has 0 spiro atoms. The fourth-order valence-corrected chi connectivity index (χ4v) is 3.19. The molecule has 0 aromatic carbocycles. The van der Waals surface area contributed by atoms with E-state index in [1.54, 1.807) is 11.8 Å². The van der Waals surface area contributed by atoms with Gasteiger partial charge >= 0.3 is 0 Å². The van der Waals surface area contributed by atoms with E-state index < -0.39 is 0 Å². The SMILES string of the molecule is CCn1ncc(CN(C)C(=O)CSCC2CC2)c1C. The van der Waals surface area contributed by atoms with Crippen molar-refractivity contribution in [3.63, 3.8) is 0 Å². The molecule has 0 unspecified atom stereocenters. The first-order chi connectivity index (χ1) is 9.11. The maximum absolute atomic E-state index is 12.0. The van der Waals surface area contributed by atoms with E-state index in [1.807, 2.05) is 22.8 Å². The largest absolute Gasteiger partial charge is 0.341 e. The molecule has 0 aliphatic heterocycles. The number of rotatable bonds is 7. The number of aromatic nitrogens is 2. The second-order valence-electron chi connectivity index (χ2n) is 5.28. The molecule has 1 aliphatic rings. The summed E-state index contributed by atoms with van der Waals surface area (Å²) in [4.78, 5) is 13.8. The molecule has 0 saturated heterocycles. The smallest absolute Gasteiger partial charge is 0.232 e. The van der Waals surface area contributed by atoms with Crippen LogP contribution in [0.25, 0.3) is 0 Å². The average molecular weight is 281 g/mol. The van der Waals surface area contributed by atoms with E-state index in [4.69, 9.17) is 0 Å². The average Bonchev–Trinajstić information content (AvgIpc) is 3.15. The van der Waals surface area contributed by atoms with Crippen molar-refractivity contribution in [2.24, 2.45) is 5.92 Å². The van der Waals surface area contributed by atoms with Crippen LogP contribution in [-0.4, -0.2) is 39.1 Å². The van der Waals surface area contributed by atoms with E-state index in [1.165, 1.54) is 12.8 Å². The molecule has 1 saturated carbocycles. The van der Waals surface area contributed by atoms with Gasteiger partial charge in [-0.1, -0.05) is 0 Å². The fraction of sp³-hybridized carbons (Fsp3) is 0.714. The Bertz CT molecular complexity index is 440. The third-order valence-corrected chi connectivity index (χ3v) is 4.77. The summed E-state index contributed by atoms with van der Waals surface area (Å²) in [7, 11) is 1.88. The molecule has 1 aromatic rings. The van der Waals surface area contributed by atoms with Gasteiger partial charge in [-0.15, -0.1) is 0 Å². The van der Waals surface area contributed by atoms with Crippen molar-refractivity contribution >= 4 is 17.7 Å². The van der Waals surface area contributed by atoms with Gasteiger partial charge in [0.2, 0.25) is 5.91 Å². The maximum Gasteiger partial charge on any atom is 0.232 e. The maximum atomic E-state index is 12.0. The lowest BCUT2D eigenvalue weighted by atomic mass is 10.2. The topological polar surface area (TPSA) is 38.1 Å². The molecule has 4 nitrogen and oxygen atoms in total. The lowest BCUT2D eigenvalue weighted by molar-refractivity contribution is -0.127. The van der Waals surface area contributed by atoms with Crippen molar-refractivity contribution in [1.29, 1.82) is 0 Å². The van der Waals surface area contributed by atoms with Crippen molar-refractivity contribution in [2.45, 2.75) is 39.8 Å². The number of aryl methyl sites for hydroxylation is 1. The second-order valence-corrected chi connectivity index (χ2v) is 6.31. The van der Waals surface area contributed by atoms with Gasteiger partial charge < -0.3 is 4.90 Å². The van der Waals surface area contributed by atoms with E-state index in [9.17, 15) is 4.79 Å². The van der Waals surface area contributed by atoms with Gasteiger partial charge in [0.05, 0.1) is 11.9 Å². The molecule has 19 heavy (non-hydrogen) atoms. The molecule has 1 aliphatic carbocycles. The van der Waals surface area contributed by atoms with Crippen LogP contribution in [0.5, 0.6) is 0 Å². The Balaban J connectivity index is 1.79. The van der Waals surface area contributed by atoms with E-state index in [2.05, 4.69) is 18.9 Å². The minimum absolute atomic E-state index is 0.217. The van der Waals surface area contributed by atoms with Crippen LogP contribution in [0.3, 0.4) is 0 Å². The Hall–Kier alpha value is -0.970. The van der Waals surface area contributed by atoms with Crippen LogP contribution in [0.2, 0.25) is 0 Å². The lowest BCUT2D eigenvalue weighted by Gasteiger charge is -2.16. The summed E-state index contributed by atoms with van der Waals surface area (Å²) in [5.74, 6) is 2.85. The van der Waals surface area contributed by atoms with Crippen molar-refractivity contribution in [1.82, 2.24) is 14.7 Å². The van der Waals surface area contributed by atoms with Gasteiger partial charge in [0.15, 0.2) is 0 Å². The normalized spacial score (nSPS) is 14.7. The van der Waals surface area contributed by atoms with Crippen LogP contribution in [0.15, 0.2) is 6.20 Å². The Morgan fingerprint density at radius 1 is 1.58 bits per heavy atom. The first kappa shape index (κ1) is 14.4. The summed E-state index contributed by atoms with van der Waals surface area (Å²) in [5.41, 5.74) is 2.30. The Labute approximate surface area is 119 Å². The highest BCUT2D eigenvalue weighted by Crippen LogP contribution is 2.32. The lowest BCUT2D eigenvalue weighted by Crippen LogP contribution is -2.28. The quantitative estimate of drug-likeness (QED) is 0.770. The monoisotopic (exact) mass is 281 g/mol. The fourth-order valence-electron chi connectivity index (χ4n) is 2.01. The van der Waals surface area contributed by atoms with Crippen LogP contribution < -0.4 is 0 Å². The van der Waals surface area contributed by atoms with E-state index >= 15 is 0 Å². The number of hydrogen-bond donors (Lipinski definition) is 0. The summed E-state index contributed by atoms with van der Waals surface area (Å²) < 4.78 is 1.97. The Morgan fingerprint density at radius 2 is 2.32 bits per heavy atom. The molecule has 106 valence electrons. The molecular formula is C14H23N3OS. The summed E-state index contributed by atoms with van der Waals surface area (Å²) in [6, 6.07) is 0. The molecule has 1 amide bonds. The number of hydrogen-bond acceptors (Lipinski definition) is 3. The molecule has 0 N–H and O–H groups in total. The first-order valence-corrected chi connectivity index (χ1v) is 8.10. The Morgan fingerprint density at radius 3 is 2.89 bits per heavy atom. The summed E-state index contributed by atoms with van der Waals surface area (Å²) in [5, 5.41) is 4.31. The highest BCUT2D eigenvalue weighted by Gasteiger charge is 2.21. The van der Waals surface area contributed by atoms with Gasteiger partial charge in [0.1, 0.15) is 0 Å². The molecule has 1 heterocycles. The van der Waals surface area contributed by atoms with Gasteiger partial charge in [0.25, 0.3) is 0 Å². The van der Waals surface area contributed by atoms with Crippen LogP contribution in [0.1, 0.15) is 31.0 Å². The minimum Gasteiger partial charge on any atom is -0.341 e. The van der Waals surface area contributed by atoms with Crippen molar-refractivity contribution in [3.05, 3.63) is 17.5 Å². The minimum atomic E-state index is 0.217. The summed E-state index contributed by atoms with van der Waals surface area (Å²) >= 11 is 1.77. The third-order valence-electron chi connectivity index (χ3n) is 3.61. The van der Waals surface area contributed by atoms with Gasteiger partial charge in [-0.2, -0.15) is 16.9 Å². The molecule has 1 aromatic heterocycles. The first-order valence-electron chi connectivity index (χ1n) is 6.94. The van der Waals surface area contributed by atoms with Crippen molar-refractivity contribution in [2.75, 3.05) is 18.6 Å². The molecule has 0 atom stereocenters. The van der Waals surface area contributed by atoms with Crippen LogP contribution in [0, 0.1) is 12.8 Å². The van der Waals surface area contributed by atoms with E-state index in [-0.39, 0.29) is 5.91 Å². The zero-order chi connectivity index (χ0) is 13.8. The van der Waals surface area contributed by atoms with E-state index in [0.717, 1.165) is 29.5 Å². The van der Waals surface area contributed by atoms with Gasteiger partial charge in [-0.25, -0.2) is 0 Å². The highest BCUT2D eigenvalue weighted by molar-refractivity contribution is 7.99. The number of nitrogens with zero attached hydrogens (tertiary/aromatic N) is 3. The molecule has 0 bridgehead atoms. The summed E-state index contributed by atoms with van der Waals surface area (Å²) in [6.07, 6.45) is 4.58. The number of amides is 1. The standard InChI is InChI=1S/C14H23N3OS/c1-4-17-11(2)13(7-15-17)8-16(3)14(18)10-19-9-12-5-6-12/h7,12H,4-6,8-10H2,1-3H3. The van der Waals surface area contributed by atoms with Crippen molar-refractivity contribution < 1.29 is 4.79 Å². The van der Waals surface area contributed by atoms with Gasteiger partial charge in [0, 0.05) is 31.4 Å². The predicted octanol–water partition coefficient (Wildman–Crippen LogP) is 2.31. The second kappa shape index (κ2) is 6.46. The highest BCUT2D eigenvalue weighted by atomic mass is 32.2. The zero-order valence-corrected chi connectivity index (χ0v) is 12.9.